The zero-order valence-corrected chi connectivity index (χ0v) is 12.8. The second-order valence-electron chi connectivity index (χ2n) is 4.96. The molecule has 0 saturated heterocycles. The van der Waals surface area contributed by atoms with Crippen molar-refractivity contribution in [1.82, 2.24) is 15.3 Å². The van der Waals surface area contributed by atoms with Gasteiger partial charge in [0, 0.05) is 35.5 Å². The van der Waals surface area contributed by atoms with Crippen LogP contribution in [0.1, 0.15) is 22.8 Å². The van der Waals surface area contributed by atoms with Gasteiger partial charge >= 0.3 is 0 Å². The molecule has 3 aromatic rings. The van der Waals surface area contributed by atoms with Gasteiger partial charge in [-0.05, 0) is 31.2 Å². The van der Waals surface area contributed by atoms with E-state index < -0.39 is 0 Å². The average molecular weight is 307 g/mol. The van der Waals surface area contributed by atoms with Gasteiger partial charge in [0.1, 0.15) is 0 Å². The van der Waals surface area contributed by atoms with Crippen molar-refractivity contribution < 1.29 is 9.53 Å². The predicted molar refractivity (Wildman–Crippen MR) is 88.3 cm³/mol. The van der Waals surface area contributed by atoms with Crippen LogP contribution in [0.4, 0.5) is 0 Å². The van der Waals surface area contributed by atoms with Crippen LogP contribution in [0.15, 0.2) is 54.9 Å². The Hall–Kier alpha value is -2.95. The first-order valence-electron chi connectivity index (χ1n) is 7.48. The number of ether oxygens (including phenoxy) is 1. The van der Waals surface area contributed by atoms with Gasteiger partial charge in [0.25, 0.3) is 5.91 Å². The van der Waals surface area contributed by atoms with Crippen LogP contribution in [-0.4, -0.2) is 22.5 Å². The van der Waals surface area contributed by atoms with Crippen LogP contribution in [0.3, 0.4) is 0 Å². The van der Waals surface area contributed by atoms with E-state index >= 15 is 0 Å². The summed E-state index contributed by atoms with van der Waals surface area (Å²) in [6.45, 7) is 2.80. The van der Waals surface area contributed by atoms with Crippen LogP contribution in [0.5, 0.6) is 5.88 Å². The fraction of sp³-hybridized carbons (Fsp3) is 0.167. The van der Waals surface area contributed by atoms with Crippen LogP contribution in [0.2, 0.25) is 0 Å². The lowest BCUT2D eigenvalue weighted by atomic mass is 10.1. The summed E-state index contributed by atoms with van der Waals surface area (Å²) in [6, 6.07) is 13.0. The topological polar surface area (TPSA) is 64.1 Å². The molecular weight excluding hydrogens is 290 g/mol. The Labute approximate surface area is 134 Å². The maximum atomic E-state index is 12.5. The average Bonchev–Trinajstić information content (AvgIpc) is 2.60. The molecule has 1 N–H and O–H groups in total. The van der Waals surface area contributed by atoms with Crippen molar-refractivity contribution in [2.24, 2.45) is 0 Å². The van der Waals surface area contributed by atoms with E-state index in [9.17, 15) is 4.79 Å². The molecule has 2 aromatic heterocycles. The second-order valence-corrected chi connectivity index (χ2v) is 4.96. The number of pyridine rings is 2. The van der Waals surface area contributed by atoms with Gasteiger partial charge < -0.3 is 10.1 Å². The first kappa shape index (κ1) is 15.0. The number of fused-ring (bicyclic) bond motifs is 1. The molecule has 0 aliphatic heterocycles. The van der Waals surface area contributed by atoms with Crippen molar-refractivity contribution >= 4 is 16.8 Å². The summed E-state index contributed by atoms with van der Waals surface area (Å²) in [5.74, 6) is 0.407. The minimum Gasteiger partial charge on any atom is -0.478 e. The normalized spacial score (nSPS) is 10.5. The molecule has 1 amide bonds. The van der Waals surface area contributed by atoms with Crippen LogP contribution in [0.25, 0.3) is 10.9 Å². The standard InChI is InChI=1S/C18H17N3O2/c1-2-23-18-13(6-4-11-20-18)12-21-17(22)15-7-3-9-16-14(15)8-5-10-19-16/h3-11H,2,12H2,1H3,(H,21,22). The maximum absolute atomic E-state index is 12.5. The summed E-state index contributed by atoms with van der Waals surface area (Å²) >= 11 is 0. The van der Waals surface area contributed by atoms with Gasteiger partial charge in [-0.3, -0.25) is 9.78 Å². The summed E-state index contributed by atoms with van der Waals surface area (Å²) in [5, 5.41) is 3.76. The fourth-order valence-electron chi connectivity index (χ4n) is 2.40. The number of rotatable bonds is 5. The number of aromatic nitrogens is 2. The molecule has 0 atom stereocenters. The number of benzene rings is 1. The lowest BCUT2D eigenvalue weighted by Gasteiger charge is -2.10. The molecule has 0 saturated carbocycles. The molecule has 0 aliphatic rings. The quantitative estimate of drug-likeness (QED) is 0.787. The van der Waals surface area contributed by atoms with E-state index in [0.717, 1.165) is 16.5 Å². The van der Waals surface area contributed by atoms with E-state index in [4.69, 9.17) is 4.74 Å². The number of carbonyl (C=O) groups is 1. The van der Waals surface area contributed by atoms with Crippen LogP contribution < -0.4 is 10.1 Å². The predicted octanol–water partition coefficient (Wildman–Crippen LogP) is 2.96. The molecular formula is C18H17N3O2. The molecule has 0 bridgehead atoms. The van der Waals surface area contributed by atoms with Crippen molar-refractivity contribution in [1.29, 1.82) is 0 Å². The number of carbonyl (C=O) groups excluding carboxylic acids is 1. The lowest BCUT2D eigenvalue weighted by molar-refractivity contribution is 0.0952. The van der Waals surface area contributed by atoms with Crippen molar-refractivity contribution in [3.63, 3.8) is 0 Å². The van der Waals surface area contributed by atoms with E-state index in [2.05, 4.69) is 15.3 Å². The Morgan fingerprint density at radius 1 is 1.09 bits per heavy atom. The molecule has 0 unspecified atom stereocenters. The third-order valence-corrected chi connectivity index (χ3v) is 3.46. The van der Waals surface area contributed by atoms with Gasteiger partial charge in [-0.15, -0.1) is 0 Å². The molecule has 2 heterocycles. The summed E-state index contributed by atoms with van der Waals surface area (Å²) in [4.78, 5) is 21.0. The Bertz CT molecular complexity index is 828. The second kappa shape index (κ2) is 6.87. The van der Waals surface area contributed by atoms with E-state index in [1.165, 1.54) is 0 Å². The molecule has 0 radical (unpaired) electrons. The van der Waals surface area contributed by atoms with Gasteiger partial charge in [-0.1, -0.05) is 18.2 Å². The summed E-state index contributed by atoms with van der Waals surface area (Å²) < 4.78 is 5.47. The minimum atomic E-state index is -0.144. The Morgan fingerprint density at radius 3 is 2.78 bits per heavy atom. The molecule has 3 rings (SSSR count). The molecule has 0 fully saturated rings. The van der Waals surface area contributed by atoms with E-state index in [0.29, 0.717) is 24.6 Å². The monoisotopic (exact) mass is 307 g/mol. The number of hydrogen-bond acceptors (Lipinski definition) is 4. The highest BCUT2D eigenvalue weighted by atomic mass is 16.5. The number of nitrogens with one attached hydrogen (secondary N) is 1. The first-order valence-corrected chi connectivity index (χ1v) is 7.48. The van der Waals surface area contributed by atoms with Gasteiger partial charge in [0.05, 0.1) is 12.1 Å². The Balaban J connectivity index is 1.80. The zero-order valence-electron chi connectivity index (χ0n) is 12.8. The van der Waals surface area contributed by atoms with Crippen LogP contribution >= 0.6 is 0 Å². The highest BCUT2D eigenvalue weighted by Gasteiger charge is 2.11. The third-order valence-electron chi connectivity index (χ3n) is 3.46. The molecule has 0 aliphatic carbocycles. The van der Waals surface area contributed by atoms with E-state index in [1.54, 1.807) is 18.5 Å². The van der Waals surface area contributed by atoms with Gasteiger partial charge in [0.15, 0.2) is 0 Å². The number of hydrogen-bond donors (Lipinski definition) is 1. The van der Waals surface area contributed by atoms with Gasteiger partial charge in [-0.2, -0.15) is 0 Å². The summed E-state index contributed by atoms with van der Waals surface area (Å²) in [5.41, 5.74) is 2.26. The maximum Gasteiger partial charge on any atom is 0.252 e. The molecule has 1 aromatic carbocycles. The zero-order chi connectivity index (χ0) is 16.1. The largest absolute Gasteiger partial charge is 0.478 e. The van der Waals surface area contributed by atoms with Crippen molar-refractivity contribution in [2.45, 2.75) is 13.5 Å². The number of amides is 1. The highest BCUT2D eigenvalue weighted by molar-refractivity contribution is 6.06. The van der Waals surface area contributed by atoms with E-state index in [1.807, 2.05) is 43.3 Å². The number of nitrogens with zero attached hydrogens (tertiary/aromatic N) is 2. The summed E-state index contributed by atoms with van der Waals surface area (Å²) in [6.07, 6.45) is 3.39. The third kappa shape index (κ3) is 3.29. The van der Waals surface area contributed by atoms with Crippen LogP contribution in [0, 0.1) is 0 Å². The lowest BCUT2D eigenvalue weighted by Crippen LogP contribution is -2.23. The summed E-state index contributed by atoms with van der Waals surface area (Å²) in [7, 11) is 0. The van der Waals surface area contributed by atoms with Gasteiger partial charge in [-0.25, -0.2) is 4.98 Å². The first-order chi connectivity index (χ1) is 11.3. The molecule has 5 heteroatoms. The van der Waals surface area contributed by atoms with Gasteiger partial charge in [0.2, 0.25) is 5.88 Å². The molecule has 116 valence electrons. The highest BCUT2D eigenvalue weighted by Crippen LogP contribution is 2.17. The van der Waals surface area contributed by atoms with Crippen molar-refractivity contribution in [2.75, 3.05) is 6.61 Å². The SMILES string of the molecule is CCOc1ncccc1CNC(=O)c1cccc2ncccc12. The van der Waals surface area contributed by atoms with Crippen LogP contribution in [-0.2, 0) is 6.54 Å². The molecule has 23 heavy (non-hydrogen) atoms. The van der Waals surface area contributed by atoms with Crippen molar-refractivity contribution in [3.05, 3.63) is 66.0 Å². The fourth-order valence-corrected chi connectivity index (χ4v) is 2.40. The minimum absolute atomic E-state index is 0.144. The molecule has 5 nitrogen and oxygen atoms in total. The van der Waals surface area contributed by atoms with Crippen molar-refractivity contribution in [3.8, 4) is 5.88 Å². The Morgan fingerprint density at radius 2 is 1.91 bits per heavy atom. The smallest absolute Gasteiger partial charge is 0.252 e. The van der Waals surface area contributed by atoms with E-state index in [-0.39, 0.29) is 5.91 Å². The Kier molecular flexibility index (Phi) is 4.47. The molecule has 0 spiro atoms.